The van der Waals surface area contributed by atoms with Gasteiger partial charge < -0.3 is 9.47 Å². The van der Waals surface area contributed by atoms with Crippen molar-refractivity contribution in [2.75, 3.05) is 14.2 Å². The lowest BCUT2D eigenvalue weighted by atomic mass is 9.99. The molecule has 3 N–H and O–H groups in total. The molecule has 0 aliphatic rings. The van der Waals surface area contributed by atoms with Crippen molar-refractivity contribution in [2.45, 2.75) is 6.04 Å². The maximum atomic E-state index is 13.4. The second-order valence-electron chi connectivity index (χ2n) is 4.27. The van der Waals surface area contributed by atoms with Crippen LogP contribution < -0.4 is 20.7 Å². The highest BCUT2D eigenvalue weighted by Gasteiger charge is 2.15. The number of rotatable bonds is 5. The minimum atomic E-state index is -0.401. The number of hydrogen-bond acceptors (Lipinski definition) is 4. The first kappa shape index (κ1) is 14.3. The molecule has 0 aromatic heterocycles. The van der Waals surface area contributed by atoms with Crippen LogP contribution in [0.4, 0.5) is 4.39 Å². The van der Waals surface area contributed by atoms with E-state index in [1.54, 1.807) is 19.2 Å². The van der Waals surface area contributed by atoms with Crippen LogP contribution in [0.5, 0.6) is 11.5 Å². The van der Waals surface area contributed by atoms with E-state index in [0.717, 1.165) is 16.9 Å². The van der Waals surface area contributed by atoms with E-state index >= 15 is 0 Å². The molecule has 0 spiro atoms. The van der Waals surface area contributed by atoms with E-state index < -0.39 is 5.82 Å². The SMILES string of the molecule is COc1ccc(C(NN)c2ccc(F)c(OC)c2)cc1. The summed E-state index contributed by atoms with van der Waals surface area (Å²) in [6.07, 6.45) is 0. The smallest absolute Gasteiger partial charge is 0.165 e. The average molecular weight is 276 g/mol. The second-order valence-corrected chi connectivity index (χ2v) is 4.27. The molecule has 0 amide bonds. The molecule has 0 aliphatic heterocycles. The van der Waals surface area contributed by atoms with E-state index in [-0.39, 0.29) is 11.8 Å². The number of halogens is 1. The van der Waals surface area contributed by atoms with E-state index in [2.05, 4.69) is 5.43 Å². The summed E-state index contributed by atoms with van der Waals surface area (Å²) < 4.78 is 23.6. The number of ether oxygens (including phenoxy) is 2. The largest absolute Gasteiger partial charge is 0.497 e. The van der Waals surface area contributed by atoms with Gasteiger partial charge in [0.15, 0.2) is 11.6 Å². The van der Waals surface area contributed by atoms with Crippen LogP contribution in [0.1, 0.15) is 17.2 Å². The molecule has 106 valence electrons. The molecule has 0 saturated heterocycles. The minimum absolute atomic E-state index is 0.191. The van der Waals surface area contributed by atoms with Crippen LogP contribution in [-0.4, -0.2) is 14.2 Å². The molecule has 1 atom stereocenters. The van der Waals surface area contributed by atoms with Gasteiger partial charge in [0.05, 0.1) is 20.3 Å². The summed E-state index contributed by atoms with van der Waals surface area (Å²) in [7, 11) is 3.04. The normalized spacial score (nSPS) is 12.0. The Bertz CT molecular complexity index is 573. The number of hydrazine groups is 1. The summed E-state index contributed by atoms with van der Waals surface area (Å²) in [5.41, 5.74) is 4.49. The number of hydrogen-bond donors (Lipinski definition) is 2. The Labute approximate surface area is 117 Å². The fourth-order valence-corrected chi connectivity index (χ4v) is 2.04. The minimum Gasteiger partial charge on any atom is -0.497 e. The van der Waals surface area contributed by atoms with Crippen molar-refractivity contribution in [1.82, 2.24) is 5.43 Å². The summed E-state index contributed by atoms with van der Waals surface area (Å²) in [6, 6.07) is 11.9. The van der Waals surface area contributed by atoms with Crippen LogP contribution in [0.3, 0.4) is 0 Å². The van der Waals surface area contributed by atoms with Crippen molar-refractivity contribution in [3.63, 3.8) is 0 Å². The van der Waals surface area contributed by atoms with E-state index in [1.807, 2.05) is 24.3 Å². The van der Waals surface area contributed by atoms with Gasteiger partial charge >= 0.3 is 0 Å². The Morgan fingerprint density at radius 2 is 1.65 bits per heavy atom. The zero-order valence-corrected chi connectivity index (χ0v) is 11.4. The molecule has 0 saturated carbocycles. The van der Waals surface area contributed by atoms with Gasteiger partial charge in [-0.1, -0.05) is 18.2 Å². The number of nitrogens with two attached hydrogens (primary N) is 1. The van der Waals surface area contributed by atoms with Gasteiger partial charge in [-0.15, -0.1) is 0 Å². The Balaban J connectivity index is 2.35. The van der Waals surface area contributed by atoms with Gasteiger partial charge in [0.2, 0.25) is 0 Å². The third kappa shape index (κ3) is 2.89. The molecule has 1 unspecified atom stereocenters. The zero-order valence-electron chi connectivity index (χ0n) is 11.4. The molecule has 4 nitrogen and oxygen atoms in total. The highest BCUT2D eigenvalue weighted by Crippen LogP contribution is 2.27. The highest BCUT2D eigenvalue weighted by molar-refractivity contribution is 5.39. The van der Waals surface area contributed by atoms with Crippen molar-refractivity contribution < 1.29 is 13.9 Å². The zero-order chi connectivity index (χ0) is 14.5. The highest BCUT2D eigenvalue weighted by atomic mass is 19.1. The molecular formula is C15H17FN2O2. The molecule has 2 aromatic carbocycles. The lowest BCUT2D eigenvalue weighted by Gasteiger charge is -2.18. The molecule has 0 aliphatic carbocycles. The molecule has 2 aromatic rings. The van der Waals surface area contributed by atoms with Gasteiger partial charge in [-0.2, -0.15) is 0 Å². The lowest BCUT2D eigenvalue weighted by molar-refractivity contribution is 0.385. The topological polar surface area (TPSA) is 56.5 Å². The first-order valence-corrected chi connectivity index (χ1v) is 6.13. The van der Waals surface area contributed by atoms with Gasteiger partial charge in [0.25, 0.3) is 0 Å². The molecule has 20 heavy (non-hydrogen) atoms. The predicted molar refractivity (Wildman–Crippen MR) is 75.1 cm³/mol. The van der Waals surface area contributed by atoms with Crippen molar-refractivity contribution in [1.29, 1.82) is 0 Å². The average Bonchev–Trinajstić information content (AvgIpc) is 2.50. The maximum Gasteiger partial charge on any atom is 0.165 e. The van der Waals surface area contributed by atoms with Gasteiger partial charge in [-0.3, -0.25) is 5.84 Å². The Morgan fingerprint density at radius 1 is 1.00 bits per heavy atom. The lowest BCUT2D eigenvalue weighted by Crippen LogP contribution is -2.28. The van der Waals surface area contributed by atoms with Crippen LogP contribution in [0, 0.1) is 5.82 Å². The number of benzene rings is 2. The number of nitrogens with one attached hydrogen (secondary N) is 1. The molecule has 0 fully saturated rings. The van der Waals surface area contributed by atoms with E-state index in [4.69, 9.17) is 15.3 Å². The molecule has 5 heteroatoms. The summed E-state index contributed by atoms with van der Waals surface area (Å²) in [6.45, 7) is 0. The fourth-order valence-electron chi connectivity index (χ4n) is 2.04. The molecule has 0 heterocycles. The first-order chi connectivity index (χ1) is 9.69. The summed E-state index contributed by atoms with van der Waals surface area (Å²) in [5, 5.41) is 0. The van der Waals surface area contributed by atoms with Crippen LogP contribution >= 0.6 is 0 Å². The summed E-state index contributed by atoms with van der Waals surface area (Å²) in [4.78, 5) is 0. The van der Waals surface area contributed by atoms with E-state index in [1.165, 1.54) is 13.2 Å². The molecular weight excluding hydrogens is 259 g/mol. The van der Waals surface area contributed by atoms with Gasteiger partial charge in [0.1, 0.15) is 5.75 Å². The Morgan fingerprint density at radius 3 is 2.20 bits per heavy atom. The van der Waals surface area contributed by atoms with Crippen LogP contribution in [-0.2, 0) is 0 Å². The van der Waals surface area contributed by atoms with Crippen molar-refractivity contribution in [3.05, 3.63) is 59.4 Å². The van der Waals surface area contributed by atoms with Crippen molar-refractivity contribution >= 4 is 0 Å². The maximum absolute atomic E-state index is 13.4. The molecule has 0 radical (unpaired) electrons. The standard InChI is InChI=1S/C15H17FN2O2/c1-19-12-6-3-10(4-7-12)15(18-17)11-5-8-13(16)14(9-11)20-2/h3-9,15,18H,17H2,1-2H3. The number of methoxy groups -OCH3 is 2. The van der Waals surface area contributed by atoms with Crippen LogP contribution in [0.15, 0.2) is 42.5 Å². The predicted octanol–water partition coefficient (Wildman–Crippen LogP) is 2.40. The van der Waals surface area contributed by atoms with Crippen molar-refractivity contribution in [3.8, 4) is 11.5 Å². The van der Waals surface area contributed by atoms with E-state index in [9.17, 15) is 4.39 Å². The van der Waals surface area contributed by atoms with Crippen LogP contribution in [0.2, 0.25) is 0 Å². The third-order valence-electron chi connectivity index (χ3n) is 3.12. The van der Waals surface area contributed by atoms with Crippen LogP contribution in [0.25, 0.3) is 0 Å². The summed E-state index contributed by atoms with van der Waals surface area (Å²) in [5.74, 6) is 6.18. The first-order valence-electron chi connectivity index (χ1n) is 6.13. The van der Waals surface area contributed by atoms with E-state index in [0.29, 0.717) is 0 Å². The Kier molecular flexibility index (Phi) is 4.55. The monoisotopic (exact) mass is 276 g/mol. The van der Waals surface area contributed by atoms with Gasteiger partial charge in [-0.05, 0) is 35.4 Å². The van der Waals surface area contributed by atoms with Gasteiger partial charge in [-0.25, -0.2) is 9.82 Å². The fraction of sp³-hybridized carbons (Fsp3) is 0.200. The summed E-state index contributed by atoms with van der Waals surface area (Å²) >= 11 is 0. The van der Waals surface area contributed by atoms with Crippen molar-refractivity contribution in [2.24, 2.45) is 5.84 Å². The second kappa shape index (κ2) is 6.36. The van der Waals surface area contributed by atoms with Gasteiger partial charge in [0, 0.05) is 0 Å². The Hall–Kier alpha value is -2.11. The molecule has 0 bridgehead atoms. The quantitative estimate of drug-likeness (QED) is 0.650. The molecule has 2 rings (SSSR count). The third-order valence-corrected chi connectivity index (χ3v) is 3.12.